The molecule has 0 saturated heterocycles. The van der Waals surface area contributed by atoms with Crippen molar-refractivity contribution in [3.05, 3.63) is 29.3 Å². The van der Waals surface area contributed by atoms with E-state index in [1.54, 1.807) is 0 Å². The van der Waals surface area contributed by atoms with E-state index in [4.69, 9.17) is 5.11 Å². The maximum atomic E-state index is 12.5. The number of hydrogen-bond acceptors (Lipinski definition) is 3. The van der Waals surface area contributed by atoms with Crippen LogP contribution in [0.1, 0.15) is 56.2 Å². The van der Waals surface area contributed by atoms with Crippen LogP contribution in [0.2, 0.25) is 0 Å². The van der Waals surface area contributed by atoms with E-state index in [0.29, 0.717) is 25.7 Å². The number of carboxylic acid groups (broad SMARTS) is 1. The minimum Gasteiger partial charge on any atom is -0.481 e. The zero-order valence-electron chi connectivity index (χ0n) is 14.4. The number of carbonyl (C=O) groups excluding carboxylic acids is 2. The minimum atomic E-state index is -0.803. The van der Waals surface area contributed by atoms with Gasteiger partial charge in [0.1, 0.15) is 0 Å². The average molecular weight is 344 g/mol. The quantitative estimate of drug-likeness (QED) is 0.782. The number of carbonyl (C=O) groups is 3. The molecule has 1 heterocycles. The summed E-state index contributed by atoms with van der Waals surface area (Å²) >= 11 is 0. The molecule has 1 aromatic carbocycles. The van der Waals surface area contributed by atoms with Gasteiger partial charge in [0.05, 0.1) is 12.0 Å². The average Bonchev–Trinajstić information content (AvgIpc) is 2.61. The molecule has 3 N–H and O–H groups in total. The Hall–Kier alpha value is -2.37. The largest absolute Gasteiger partial charge is 0.481 e. The number of benzene rings is 1. The van der Waals surface area contributed by atoms with Crippen LogP contribution >= 0.6 is 0 Å². The van der Waals surface area contributed by atoms with Crippen LogP contribution in [0, 0.1) is 11.8 Å². The summed E-state index contributed by atoms with van der Waals surface area (Å²) in [5.74, 6) is -1.47. The maximum absolute atomic E-state index is 12.5. The second-order valence-electron chi connectivity index (χ2n) is 7.09. The monoisotopic (exact) mass is 344 g/mol. The Bertz CT molecular complexity index is 701. The van der Waals surface area contributed by atoms with Crippen LogP contribution < -0.4 is 10.6 Å². The van der Waals surface area contributed by atoms with Crippen LogP contribution in [-0.2, 0) is 20.8 Å². The first-order valence-corrected chi connectivity index (χ1v) is 8.90. The Balaban J connectivity index is 1.63. The lowest BCUT2D eigenvalue weighted by Crippen LogP contribution is -2.36. The predicted octanol–water partition coefficient (Wildman–Crippen LogP) is 2.64. The molecule has 1 aliphatic carbocycles. The van der Waals surface area contributed by atoms with Crippen LogP contribution in [0.25, 0.3) is 0 Å². The molecule has 2 aliphatic rings. The molecule has 1 aromatic rings. The van der Waals surface area contributed by atoms with Crippen molar-refractivity contribution >= 4 is 23.5 Å². The van der Waals surface area contributed by atoms with Crippen molar-refractivity contribution in [3.63, 3.8) is 0 Å². The number of aliphatic carboxylic acids is 1. The third kappa shape index (κ3) is 4.00. The van der Waals surface area contributed by atoms with Crippen LogP contribution in [0.4, 0.5) is 5.69 Å². The summed E-state index contributed by atoms with van der Waals surface area (Å²) in [5.41, 5.74) is 2.92. The van der Waals surface area contributed by atoms with Crippen molar-refractivity contribution in [2.75, 3.05) is 5.32 Å². The first-order chi connectivity index (χ1) is 11.9. The number of amides is 2. The molecule has 1 fully saturated rings. The van der Waals surface area contributed by atoms with Crippen LogP contribution in [0.3, 0.4) is 0 Å². The summed E-state index contributed by atoms with van der Waals surface area (Å²) in [4.78, 5) is 35.1. The van der Waals surface area contributed by atoms with E-state index in [1.165, 1.54) is 0 Å². The molecule has 0 radical (unpaired) electrons. The van der Waals surface area contributed by atoms with Gasteiger partial charge in [-0.3, -0.25) is 14.4 Å². The highest BCUT2D eigenvalue weighted by Crippen LogP contribution is 2.30. The molecule has 3 unspecified atom stereocenters. The smallest absolute Gasteiger partial charge is 0.306 e. The second kappa shape index (κ2) is 7.25. The number of carboxylic acids is 1. The summed E-state index contributed by atoms with van der Waals surface area (Å²) < 4.78 is 0. The molecule has 25 heavy (non-hydrogen) atoms. The third-order valence-corrected chi connectivity index (χ3v) is 5.28. The van der Waals surface area contributed by atoms with Crippen LogP contribution in [0.5, 0.6) is 0 Å². The van der Waals surface area contributed by atoms with Crippen molar-refractivity contribution in [2.45, 2.75) is 51.5 Å². The molecule has 0 spiro atoms. The fourth-order valence-corrected chi connectivity index (χ4v) is 3.74. The van der Waals surface area contributed by atoms with E-state index < -0.39 is 11.9 Å². The summed E-state index contributed by atoms with van der Waals surface area (Å²) in [6.45, 7) is 1.93. The van der Waals surface area contributed by atoms with Crippen molar-refractivity contribution in [3.8, 4) is 0 Å². The Morgan fingerprint density at radius 2 is 2.00 bits per heavy atom. The van der Waals surface area contributed by atoms with E-state index >= 15 is 0 Å². The summed E-state index contributed by atoms with van der Waals surface area (Å²) in [6.07, 6.45) is 3.80. The lowest BCUT2D eigenvalue weighted by Gasteiger charge is -2.27. The molecule has 0 bridgehead atoms. The van der Waals surface area contributed by atoms with Gasteiger partial charge in [-0.05, 0) is 49.8 Å². The predicted molar refractivity (Wildman–Crippen MR) is 93.0 cm³/mol. The molecule has 6 nitrogen and oxygen atoms in total. The summed E-state index contributed by atoms with van der Waals surface area (Å²) in [5, 5.41) is 15.0. The Morgan fingerprint density at radius 3 is 2.76 bits per heavy atom. The number of hydrogen-bond donors (Lipinski definition) is 3. The first-order valence-electron chi connectivity index (χ1n) is 8.90. The summed E-state index contributed by atoms with van der Waals surface area (Å²) in [6, 6.07) is 5.67. The standard InChI is InChI=1S/C19H24N2O4/c1-11(12-5-7-16-13(9-12)6-8-17(22)21-16)20-18(23)14-3-2-4-15(10-14)19(24)25/h5,7,9,11,14-15H,2-4,6,8,10H2,1H3,(H,20,23)(H,21,22)(H,24,25). The maximum Gasteiger partial charge on any atom is 0.306 e. The van der Waals surface area contributed by atoms with Gasteiger partial charge in [-0.25, -0.2) is 0 Å². The number of nitrogens with one attached hydrogen (secondary N) is 2. The van der Waals surface area contributed by atoms with E-state index in [9.17, 15) is 14.4 Å². The third-order valence-electron chi connectivity index (χ3n) is 5.28. The normalized spacial score (nSPS) is 24.0. The molecule has 134 valence electrons. The molecule has 6 heteroatoms. The number of anilines is 1. The Labute approximate surface area is 147 Å². The molecule has 2 amide bonds. The van der Waals surface area contributed by atoms with Gasteiger partial charge in [-0.15, -0.1) is 0 Å². The SMILES string of the molecule is CC(NC(=O)C1CCCC(C(=O)O)C1)c1ccc2c(c1)CCC(=O)N2. The molecular formula is C19H24N2O4. The fraction of sp³-hybridized carbons (Fsp3) is 0.526. The van der Waals surface area contributed by atoms with Gasteiger partial charge < -0.3 is 15.7 Å². The molecule has 1 aliphatic heterocycles. The van der Waals surface area contributed by atoms with Crippen LogP contribution in [0.15, 0.2) is 18.2 Å². The Kier molecular flexibility index (Phi) is 5.06. The fourth-order valence-electron chi connectivity index (χ4n) is 3.74. The highest BCUT2D eigenvalue weighted by molar-refractivity contribution is 5.93. The molecule has 1 saturated carbocycles. The highest BCUT2D eigenvalue weighted by Gasteiger charge is 2.31. The van der Waals surface area contributed by atoms with E-state index in [2.05, 4.69) is 10.6 Å². The number of rotatable bonds is 4. The van der Waals surface area contributed by atoms with Crippen molar-refractivity contribution in [1.82, 2.24) is 5.32 Å². The van der Waals surface area contributed by atoms with Gasteiger partial charge in [-0.1, -0.05) is 18.6 Å². The molecular weight excluding hydrogens is 320 g/mol. The van der Waals surface area contributed by atoms with Crippen LogP contribution in [-0.4, -0.2) is 22.9 Å². The number of fused-ring (bicyclic) bond motifs is 1. The van der Waals surface area contributed by atoms with E-state index in [0.717, 1.165) is 29.7 Å². The molecule has 0 aromatic heterocycles. The van der Waals surface area contributed by atoms with Gasteiger partial charge in [0.15, 0.2) is 0 Å². The lowest BCUT2D eigenvalue weighted by atomic mass is 9.81. The van der Waals surface area contributed by atoms with Gasteiger partial charge >= 0.3 is 5.97 Å². The lowest BCUT2D eigenvalue weighted by molar-refractivity contribution is -0.144. The van der Waals surface area contributed by atoms with Crippen molar-refractivity contribution < 1.29 is 19.5 Å². The summed E-state index contributed by atoms with van der Waals surface area (Å²) in [7, 11) is 0. The first kappa shape index (κ1) is 17.5. The van der Waals surface area contributed by atoms with E-state index in [1.807, 2.05) is 25.1 Å². The minimum absolute atomic E-state index is 0.0342. The van der Waals surface area contributed by atoms with E-state index in [-0.39, 0.29) is 23.8 Å². The Morgan fingerprint density at radius 1 is 1.24 bits per heavy atom. The number of aryl methyl sites for hydroxylation is 1. The highest BCUT2D eigenvalue weighted by atomic mass is 16.4. The molecule has 3 atom stereocenters. The molecule has 3 rings (SSSR count). The topological polar surface area (TPSA) is 95.5 Å². The zero-order valence-corrected chi connectivity index (χ0v) is 14.4. The second-order valence-corrected chi connectivity index (χ2v) is 7.09. The van der Waals surface area contributed by atoms with Crippen molar-refractivity contribution in [1.29, 1.82) is 0 Å². The van der Waals surface area contributed by atoms with Crippen molar-refractivity contribution in [2.24, 2.45) is 11.8 Å². The van der Waals surface area contributed by atoms with Gasteiger partial charge in [0, 0.05) is 18.0 Å². The zero-order chi connectivity index (χ0) is 18.0. The van der Waals surface area contributed by atoms with Gasteiger partial charge in [-0.2, -0.15) is 0 Å². The van der Waals surface area contributed by atoms with Gasteiger partial charge in [0.25, 0.3) is 0 Å². The van der Waals surface area contributed by atoms with Gasteiger partial charge in [0.2, 0.25) is 11.8 Å².